The molecule has 0 radical (unpaired) electrons. The molecule has 39 heavy (non-hydrogen) atoms. The number of likely N-dealkylation sites (N-methyl/N-ethyl adjacent to an activating group) is 1. The molecule has 1 fully saturated rings. The summed E-state index contributed by atoms with van der Waals surface area (Å²) in [5, 5.41) is 19.8. The van der Waals surface area contributed by atoms with Gasteiger partial charge in [0.2, 0.25) is 5.82 Å². The van der Waals surface area contributed by atoms with Gasteiger partial charge in [-0.15, -0.1) is 10.2 Å². The monoisotopic (exact) mass is 550 g/mol. The first-order chi connectivity index (χ1) is 18.7. The van der Waals surface area contributed by atoms with Crippen LogP contribution in [0.4, 0.5) is 24.8 Å². The summed E-state index contributed by atoms with van der Waals surface area (Å²) in [6, 6.07) is 7.07. The largest absolute Gasteiger partial charge is 0.491 e. The number of nitrogens with two attached hydrogens (primary N) is 1. The summed E-state index contributed by atoms with van der Waals surface area (Å²) in [5.41, 5.74) is 7.43. The van der Waals surface area contributed by atoms with E-state index in [0.29, 0.717) is 35.1 Å². The van der Waals surface area contributed by atoms with Gasteiger partial charge in [0.05, 0.1) is 6.54 Å². The van der Waals surface area contributed by atoms with Crippen molar-refractivity contribution in [3.8, 4) is 17.1 Å². The normalized spacial score (nSPS) is 15.9. The summed E-state index contributed by atoms with van der Waals surface area (Å²) in [5.74, 6) is 0.857. The van der Waals surface area contributed by atoms with Crippen molar-refractivity contribution in [1.82, 2.24) is 30.0 Å². The van der Waals surface area contributed by atoms with Crippen molar-refractivity contribution < 1.29 is 27.8 Å². The van der Waals surface area contributed by atoms with E-state index in [-0.39, 0.29) is 37.9 Å². The summed E-state index contributed by atoms with van der Waals surface area (Å²) >= 11 is 0. The lowest BCUT2D eigenvalue weighted by molar-refractivity contribution is -0.147. The predicted molar refractivity (Wildman–Crippen MR) is 138 cm³/mol. The highest BCUT2D eigenvalue weighted by atomic mass is 19.4. The SMILES string of the molecule is C1CCOC1.CNCC(O)COc1cccc(-c2nc(N)c(C)c(N3CCn4c(nnc4C(F)(F)F)C3)n2)c1. The average Bonchev–Trinajstić information content (AvgIpc) is 3.62. The van der Waals surface area contributed by atoms with E-state index in [2.05, 4.69) is 25.5 Å². The molecule has 1 unspecified atom stereocenters. The molecule has 0 bridgehead atoms. The number of anilines is 2. The van der Waals surface area contributed by atoms with Crippen LogP contribution >= 0.6 is 0 Å². The molecule has 212 valence electrons. The number of nitrogens with zero attached hydrogens (tertiary/aromatic N) is 6. The summed E-state index contributed by atoms with van der Waals surface area (Å²) in [6.45, 7) is 4.71. The van der Waals surface area contributed by atoms with E-state index >= 15 is 0 Å². The lowest BCUT2D eigenvalue weighted by atomic mass is 10.2. The number of ether oxygens (including phenoxy) is 2. The van der Waals surface area contributed by atoms with Crippen molar-refractivity contribution in [1.29, 1.82) is 0 Å². The second-order valence-corrected chi connectivity index (χ2v) is 9.26. The number of nitrogen functional groups attached to an aromatic ring is 1. The van der Waals surface area contributed by atoms with Crippen molar-refractivity contribution in [2.45, 2.75) is 45.1 Å². The van der Waals surface area contributed by atoms with Gasteiger partial charge >= 0.3 is 6.18 Å². The maximum Gasteiger partial charge on any atom is 0.451 e. The van der Waals surface area contributed by atoms with Gasteiger partial charge in [-0.2, -0.15) is 13.2 Å². The number of nitrogens with one attached hydrogen (secondary N) is 1. The van der Waals surface area contributed by atoms with Gasteiger partial charge in [0, 0.05) is 44.0 Å². The maximum absolute atomic E-state index is 13.2. The standard InChI is InChI=1S/C21H25F3N8O2.C4H8O/c1-12-17(25)27-18(13-4-3-5-15(8-13)34-11-14(33)9-26-2)28-19(12)31-6-7-32-16(10-31)29-30-20(32)21(22,23)24;1-2-4-5-3-1/h3-5,8,14,26,33H,6-7,9-11H2,1-2H3,(H2,25,27,28);1-4H2. The minimum Gasteiger partial charge on any atom is -0.491 e. The average molecular weight is 551 g/mol. The third-order valence-electron chi connectivity index (χ3n) is 6.27. The van der Waals surface area contributed by atoms with E-state index in [1.807, 2.05) is 4.90 Å². The Morgan fingerprint density at radius 1 is 1.18 bits per heavy atom. The zero-order chi connectivity index (χ0) is 28.0. The summed E-state index contributed by atoms with van der Waals surface area (Å²) in [6.07, 6.45) is -2.67. The number of alkyl halides is 3. The van der Waals surface area contributed by atoms with Crippen LogP contribution in [0.5, 0.6) is 5.75 Å². The molecule has 4 N–H and O–H groups in total. The molecule has 2 aromatic heterocycles. The third-order valence-corrected chi connectivity index (χ3v) is 6.27. The number of rotatable bonds is 7. The Morgan fingerprint density at radius 2 is 1.95 bits per heavy atom. The Bertz CT molecular complexity index is 1240. The Hall–Kier alpha value is -3.49. The van der Waals surface area contributed by atoms with Crippen LogP contribution in [0.25, 0.3) is 11.4 Å². The van der Waals surface area contributed by atoms with E-state index in [1.54, 1.807) is 38.2 Å². The molecule has 0 aliphatic carbocycles. The summed E-state index contributed by atoms with van der Waals surface area (Å²) in [4.78, 5) is 10.9. The Kier molecular flexibility index (Phi) is 9.20. The van der Waals surface area contributed by atoms with Gasteiger partial charge in [-0.1, -0.05) is 12.1 Å². The van der Waals surface area contributed by atoms with Gasteiger partial charge in [0.1, 0.15) is 30.1 Å². The van der Waals surface area contributed by atoms with Crippen LogP contribution in [-0.4, -0.2) is 75.9 Å². The molecule has 0 amide bonds. The lowest BCUT2D eigenvalue weighted by Crippen LogP contribution is -2.36. The number of aromatic nitrogens is 5. The van der Waals surface area contributed by atoms with E-state index < -0.39 is 18.1 Å². The molecular formula is C25H33F3N8O3. The molecular weight excluding hydrogens is 517 g/mol. The summed E-state index contributed by atoms with van der Waals surface area (Å²) < 4.78 is 51.2. The molecule has 1 atom stereocenters. The minimum absolute atomic E-state index is 0.0636. The van der Waals surface area contributed by atoms with Crippen LogP contribution in [0, 0.1) is 6.92 Å². The Labute approximate surface area is 224 Å². The smallest absolute Gasteiger partial charge is 0.451 e. The Morgan fingerprint density at radius 3 is 2.62 bits per heavy atom. The fourth-order valence-corrected chi connectivity index (χ4v) is 4.23. The number of aliphatic hydroxyl groups excluding tert-OH is 1. The van der Waals surface area contributed by atoms with Gasteiger partial charge in [-0.25, -0.2) is 9.97 Å². The second-order valence-electron chi connectivity index (χ2n) is 9.26. The minimum atomic E-state index is -4.56. The molecule has 5 rings (SSSR count). The molecule has 1 aromatic carbocycles. The first-order valence-electron chi connectivity index (χ1n) is 12.7. The highest BCUT2D eigenvalue weighted by Crippen LogP contribution is 2.32. The van der Waals surface area contributed by atoms with Gasteiger partial charge < -0.3 is 35.1 Å². The van der Waals surface area contributed by atoms with Crippen LogP contribution in [0.1, 0.15) is 30.1 Å². The van der Waals surface area contributed by atoms with Gasteiger partial charge in [0.25, 0.3) is 0 Å². The van der Waals surface area contributed by atoms with E-state index in [1.165, 1.54) is 12.8 Å². The number of hydrogen-bond acceptors (Lipinski definition) is 10. The molecule has 1 saturated heterocycles. The van der Waals surface area contributed by atoms with Crippen LogP contribution in [-0.2, 0) is 24.0 Å². The molecule has 14 heteroatoms. The molecule has 4 heterocycles. The van der Waals surface area contributed by atoms with E-state index in [9.17, 15) is 18.3 Å². The van der Waals surface area contributed by atoms with Crippen molar-refractivity contribution in [3.05, 3.63) is 41.5 Å². The van der Waals surface area contributed by atoms with Gasteiger partial charge in [-0.05, 0) is 38.9 Å². The van der Waals surface area contributed by atoms with Crippen LogP contribution in [0.15, 0.2) is 24.3 Å². The highest BCUT2D eigenvalue weighted by molar-refractivity contribution is 5.66. The number of hydrogen-bond donors (Lipinski definition) is 3. The number of aliphatic hydroxyl groups is 1. The quantitative estimate of drug-likeness (QED) is 0.402. The number of benzene rings is 1. The molecule has 0 saturated carbocycles. The third kappa shape index (κ3) is 7.13. The molecule has 2 aliphatic heterocycles. The lowest BCUT2D eigenvalue weighted by Gasteiger charge is -2.30. The highest BCUT2D eigenvalue weighted by Gasteiger charge is 2.39. The fraction of sp³-hybridized carbons (Fsp3) is 0.520. The second kappa shape index (κ2) is 12.6. The van der Waals surface area contributed by atoms with Crippen LogP contribution in [0.3, 0.4) is 0 Å². The molecule has 2 aliphatic rings. The van der Waals surface area contributed by atoms with Crippen molar-refractivity contribution in [3.63, 3.8) is 0 Å². The molecule has 11 nitrogen and oxygen atoms in total. The van der Waals surface area contributed by atoms with Gasteiger partial charge in [0.15, 0.2) is 11.6 Å². The van der Waals surface area contributed by atoms with Gasteiger partial charge in [-0.3, -0.25) is 0 Å². The maximum atomic E-state index is 13.2. The number of halogens is 3. The predicted octanol–water partition coefficient (Wildman–Crippen LogP) is 2.42. The topological polar surface area (TPSA) is 136 Å². The van der Waals surface area contributed by atoms with Crippen molar-refractivity contribution in [2.75, 3.05) is 50.6 Å². The molecule has 0 spiro atoms. The summed E-state index contributed by atoms with van der Waals surface area (Å²) in [7, 11) is 1.74. The zero-order valence-electron chi connectivity index (χ0n) is 21.9. The van der Waals surface area contributed by atoms with E-state index in [0.717, 1.165) is 17.8 Å². The Balaban J connectivity index is 0.000000634. The van der Waals surface area contributed by atoms with Crippen molar-refractivity contribution in [2.24, 2.45) is 0 Å². The number of fused-ring (bicyclic) bond motifs is 1. The first kappa shape index (κ1) is 28.5. The molecule has 3 aromatic rings. The zero-order valence-corrected chi connectivity index (χ0v) is 21.9. The van der Waals surface area contributed by atoms with Crippen LogP contribution < -0.4 is 20.7 Å². The first-order valence-corrected chi connectivity index (χ1v) is 12.7. The van der Waals surface area contributed by atoms with E-state index in [4.69, 9.17) is 15.2 Å². The van der Waals surface area contributed by atoms with Crippen LogP contribution in [0.2, 0.25) is 0 Å². The van der Waals surface area contributed by atoms with Crippen molar-refractivity contribution >= 4 is 11.6 Å². The fourth-order valence-electron chi connectivity index (χ4n) is 4.23.